The number of hydrogen-bond donors (Lipinski definition) is 1. The van der Waals surface area contributed by atoms with Crippen LogP contribution >= 0.6 is 12.4 Å². The van der Waals surface area contributed by atoms with Crippen LogP contribution in [0.15, 0.2) is 24.3 Å². The SMILES string of the molecule is CCC(c1ccc(F)cc1)N1CCC(NCC2CC2)CC1.Cl. The zero-order chi connectivity index (χ0) is 14.7. The lowest BCUT2D eigenvalue weighted by Crippen LogP contribution is -2.44. The lowest BCUT2D eigenvalue weighted by atomic mass is 9.97. The Labute approximate surface area is 139 Å². The highest BCUT2D eigenvalue weighted by Gasteiger charge is 2.27. The van der Waals surface area contributed by atoms with Gasteiger partial charge in [-0.05, 0) is 62.3 Å². The molecule has 1 N–H and O–H groups in total. The minimum absolute atomic E-state index is 0. The van der Waals surface area contributed by atoms with Crippen LogP contribution in [0, 0.1) is 11.7 Å². The Morgan fingerprint density at radius 3 is 2.32 bits per heavy atom. The minimum Gasteiger partial charge on any atom is -0.314 e. The predicted octanol–water partition coefficient (Wildman–Crippen LogP) is 4.16. The van der Waals surface area contributed by atoms with Crippen molar-refractivity contribution in [1.82, 2.24) is 10.2 Å². The van der Waals surface area contributed by atoms with Gasteiger partial charge in [-0.25, -0.2) is 4.39 Å². The van der Waals surface area contributed by atoms with Crippen LogP contribution in [-0.2, 0) is 0 Å². The molecule has 1 aromatic rings. The normalized spacial score (nSPS) is 21.4. The zero-order valence-electron chi connectivity index (χ0n) is 13.4. The van der Waals surface area contributed by atoms with Crippen LogP contribution in [0.5, 0.6) is 0 Å². The third-order valence-electron chi connectivity index (χ3n) is 5.00. The van der Waals surface area contributed by atoms with Crippen molar-refractivity contribution in [3.05, 3.63) is 35.6 Å². The van der Waals surface area contributed by atoms with E-state index in [0.717, 1.165) is 25.4 Å². The topological polar surface area (TPSA) is 15.3 Å². The highest BCUT2D eigenvalue weighted by Crippen LogP contribution is 2.30. The molecule has 0 aromatic heterocycles. The van der Waals surface area contributed by atoms with Crippen LogP contribution < -0.4 is 5.32 Å². The summed E-state index contributed by atoms with van der Waals surface area (Å²) in [5.41, 5.74) is 1.25. The molecule has 0 spiro atoms. The Morgan fingerprint density at radius 2 is 1.77 bits per heavy atom. The van der Waals surface area contributed by atoms with E-state index in [1.807, 2.05) is 12.1 Å². The molecule has 1 aliphatic carbocycles. The Bertz CT molecular complexity index is 439. The first-order valence-electron chi connectivity index (χ1n) is 8.49. The zero-order valence-corrected chi connectivity index (χ0v) is 14.2. The number of likely N-dealkylation sites (tertiary alicyclic amines) is 1. The number of nitrogens with zero attached hydrogens (tertiary/aromatic N) is 1. The molecule has 124 valence electrons. The second-order valence-electron chi connectivity index (χ2n) is 6.64. The molecule has 0 radical (unpaired) electrons. The van der Waals surface area contributed by atoms with Crippen LogP contribution in [0.25, 0.3) is 0 Å². The summed E-state index contributed by atoms with van der Waals surface area (Å²) in [6.45, 7) is 5.75. The second-order valence-corrected chi connectivity index (χ2v) is 6.64. The average molecular weight is 327 g/mol. The van der Waals surface area contributed by atoms with Gasteiger partial charge in [0.25, 0.3) is 0 Å². The second kappa shape index (κ2) is 8.28. The van der Waals surface area contributed by atoms with Gasteiger partial charge in [0, 0.05) is 25.2 Å². The van der Waals surface area contributed by atoms with E-state index in [1.54, 1.807) is 12.1 Å². The summed E-state index contributed by atoms with van der Waals surface area (Å²) in [6, 6.07) is 8.20. The Kier molecular flexibility index (Phi) is 6.66. The van der Waals surface area contributed by atoms with Crippen LogP contribution in [0.4, 0.5) is 4.39 Å². The Balaban J connectivity index is 0.00000176. The molecule has 1 aliphatic heterocycles. The fourth-order valence-electron chi connectivity index (χ4n) is 3.46. The lowest BCUT2D eigenvalue weighted by molar-refractivity contribution is 0.139. The molecular weight excluding hydrogens is 299 g/mol. The summed E-state index contributed by atoms with van der Waals surface area (Å²) in [4.78, 5) is 2.57. The number of nitrogens with one attached hydrogen (secondary N) is 1. The van der Waals surface area contributed by atoms with Crippen molar-refractivity contribution < 1.29 is 4.39 Å². The fourth-order valence-corrected chi connectivity index (χ4v) is 3.46. The summed E-state index contributed by atoms with van der Waals surface area (Å²) in [7, 11) is 0. The number of hydrogen-bond acceptors (Lipinski definition) is 2. The van der Waals surface area contributed by atoms with Gasteiger partial charge in [-0.15, -0.1) is 12.4 Å². The van der Waals surface area contributed by atoms with Crippen molar-refractivity contribution in [3.8, 4) is 0 Å². The van der Waals surface area contributed by atoms with Crippen molar-refractivity contribution >= 4 is 12.4 Å². The smallest absolute Gasteiger partial charge is 0.123 e. The van der Waals surface area contributed by atoms with Gasteiger partial charge in [0.05, 0.1) is 0 Å². The average Bonchev–Trinajstić information content (AvgIpc) is 3.33. The third kappa shape index (κ3) is 4.68. The van der Waals surface area contributed by atoms with Crippen molar-refractivity contribution in [2.45, 2.75) is 51.1 Å². The first-order chi connectivity index (χ1) is 10.3. The highest BCUT2D eigenvalue weighted by molar-refractivity contribution is 5.85. The van der Waals surface area contributed by atoms with Gasteiger partial charge >= 0.3 is 0 Å². The van der Waals surface area contributed by atoms with E-state index < -0.39 is 0 Å². The molecule has 1 saturated heterocycles. The van der Waals surface area contributed by atoms with E-state index in [2.05, 4.69) is 17.1 Å². The van der Waals surface area contributed by atoms with Gasteiger partial charge in [0.1, 0.15) is 5.82 Å². The molecule has 4 heteroatoms. The first-order valence-corrected chi connectivity index (χ1v) is 8.49. The first kappa shape index (κ1) is 17.7. The molecule has 22 heavy (non-hydrogen) atoms. The molecule has 0 bridgehead atoms. The van der Waals surface area contributed by atoms with E-state index in [9.17, 15) is 4.39 Å². The van der Waals surface area contributed by atoms with Gasteiger partial charge in [-0.1, -0.05) is 19.1 Å². The number of benzene rings is 1. The van der Waals surface area contributed by atoms with Crippen molar-refractivity contribution in [2.75, 3.05) is 19.6 Å². The Hall–Kier alpha value is -0.640. The molecule has 0 amide bonds. The molecule has 1 aromatic carbocycles. The van der Waals surface area contributed by atoms with E-state index in [-0.39, 0.29) is 18.2 Å². The maximum absolute atomic E-state index is 13.1. The fraction of sp³-hybridized carbons (Fsp3) is 0.667. The summed E-state index contributed by atoms with van der Waals surface area (Å²) in [6.07, 6.45) is 6.42. The van der Waals surface area contributed by atoms with Gasteiger partial charge < -0.3 is 5.32 Å². The van der Waals surface area contributed by atoms with E-state index in [1.165, 1.54) is 37.8 Å². The molecule has 2 nitrogen and oxygen atoms in total. The summed E-state index contributed by atoms with van der Waals surface area (Å²) in [5, 5.41) is 3.73. The molecule has 1 heterocycles. The quantitative estimate of drug-likeness (QED) is 0.844. The summed E-state index contributed by atoms with van der Waals surface area (Å²) in [5.74, 6) is 0.822. The van der Waals surface area contributed by atoms with Crippen molar-refractivity contribution in [1.29, 1.82) is 0 Å². The molecule has 1 unspecified atom stereocenters. The van der Waals surface area contributed by atoms with Crippen LogP contribution in [0.3, 0.4) is 0 Å². The van der Waals surface area contributed by atoms with E-state index >= 15 is 0 Å². The van der Waals surface area contributed by atoms with Crippen LogP contribution in [0.1, 0.15) is 50.6 Å². The summed E-state index contributed by atoms with van der Waals surface area (Å²) < 4.78 is 13.1. The third-order valence-corrected chi connectivity index (χ3v) is 5.00. The summed E-state index contributed by atoms with van der Waals surface area (Å²) >= 11 is 0. The molecule has 3 rings (SSSR count). The monoisotopic (exact) mass is 326 g/mol. The van der Waals surface area contributed by atoms with Gasteiger partial charge in [0.15, 0.2) is 0 Å². The number of rotatable bonds is 6. The van der Waals surface area contributed by atoms with Crippen LogP contribution in [0.2, 0.25) is 0 Å². The van der Waals surface area contributed by atoms with E-state index in [0.29, 0.717) is 12.1 Å². The lowest BCUT2D eigenvalue weighted by Gasteiger charge is -2.38. The van der Waals surface area contributed by atoms with E-state index in [4.69, 9.17) is 0 Å². The number of piperidine rings is 1. The molecule has 1 saturated carbocycles. The number of halogens is 2. The molecule has 2 fully saturated rings. The largest absolute Gasteiger partial charge is 0.314 e. The van der Waals surface area contributed by atoms with Gasteiger partial charge in [-0.2, -0.15) is 0 Å². The highest BCUT2D eigenvalue weighted by atomic mass is 35.5. The van der Waals surface area contributed by atoms with Crippen molar-refractivity contribution in [3.63, 3.8) is 0 Å². The van der Waals surface area contributed by atoms with Gasteiger partial charge in [-0.3, -0.25) is 4.90 Å². The van der Waals surface area contributed by atoms with Crippen molar-refractivity contribution in [2.24, 2.45) is 5.92 Å². The maximum atomic E-state index is 13.1. The molecular formula is C18H28ClFN2. The predicted molar refractivity (Wildman–Crippen MR) is 92.0 cm³/mol. The van der Waals surface area contributed by atoms with Crippen LogP contribution in [-0.4, -0.2) is 30.6 Å². The minimum atomic E-state index is -0.142. The van der Waals surface area contributed by atoms with Gasteiger partial charge in [0.2, 0.25) is 0 Å². The standard InChI is InChI=1S/C18H27FN2.ClH/c1-2-18(15-5-7-16(19)8-6-15)21-11-9-17(10-12-21)20-13-14-3-4-14;/h5-8,14,17-18,20H,2-4,9-13H2,1H3;1H. The molecule has 2 aliphatic rings. The Morgan fingerprint density at radius 1 is 1.14 bits per heavy atom. The maximum Gasteiger partial charge on any atom is 0.123 e. The molecule has 1 atom stereocenters.